The van der Waals surface area contributed by atoms with Gasteiger partial charge in [0.1, 0.15) is 0 Å². The number of carbonyl (C=O) groups is 1. The minimum atomic E-state index is -2.65. The van der Waals surface area contributed by atoms with E-state index in [1.807, 2.05) is 24.0 Å². The quantitative estimate of drug-likeness (QED) is 0.666. The Bertz CT molecular complexity index is 1110. The van der Waals surface area contributed by atoms with Gasteiger partial charge >= 0.3 is 0 Å². The summed E-state index contributed by atoms with van der Waals surface area (Å²) in [5.41, 5.74) is 1.56. The predicted octanol–water partition coefficient (Wildman–Crippen LogP) is 3.69. The van der Waals surface area contributed by atoms with Crippen LogP contribution < -0.4 is 5.32 Å². The number of rotatable bonds is 4. The number of hydrogen-bond acceptors (Lipinski definition) is 6. The molecule has 1 aromatic heterocycles. The molecule has 2 aliphatic carbocycles. The summed E-state index contributed by atoms with van der Waals surface area (Å²) in [4.78, 5) is 19.9. The standard InChI is InChI=1S/C27H34F2N4O3/c1-17-3-5-19(6-4-17)26(24-31-22(32-36-24)18-14-27(28,29)15-18)9-11-33(12-10-26)23(35)20-13-21(34)25(16-30-20)7-2-8-25/h3-6,18,20-21,30,34H,2,7-16H2,1H3/t20-,21+/m0/s1. The molecule has 9 heteroatoms. The summed E-state index contributed by atoms with van der Waals surface area (Å²) in [6.45, 7) is 3.76. The number of aliphatic hydroxyl groups is 1. The Morgan fingerprint density at radius 2 is 1.83 bits per heavy atom. The van der Waals surface area contributed by atoms with Crippen LogP contribution in [0.15, 0.2) is 28.8 Å². The van der Waals surface area contributed by atoms with E-state index in [-0.39, 0.29) is 36.1 Å². The third kappa shape index (κ3) is 3.95. The number of aliphatic hydroxyl groups excluding tert-OH is 1. The van der Waals surface area contributed by atoms with Crippen LogP contribution in [0.3, 0.4) is 0 Å². The molecule has 3 heterocycles. The van der Waals surface area contributed by atoms with Crippen LogP contribution in [-0.4, -0.2) is 63.8 Å². The Morgan fingerprint density at radius 3 is 2.42 bits per heavy atom. The van der Waals surface area contributed by atoms with Crippen molar-refractivity contribution in [2.75, 3.05) is 19.6 Å². The van der Waals surface area contributed by atoms with Crippen molar-refractivity contribution >= 4 is 5.91 Å². The molecule has 194 valence electrons. The van der Waals surface area contributed by atoms with Crippen molar-refractivity contribution in [1.29, 1.82) is 0 Å². The maximum atomic E-state index is 13.4. The lowest BCUT2D eigenvalue weighted by Gasteiger charge is -2.51. The van der Waals surface area contributed by atoms with E-state index in [1.54, 1.807) is 0 Å². The summed E-state index contributed by atoms with van der Waals surface area (Å²) in [5.74, 6) is -2.20. The van der Waals surface area contributed by atoms with Gasteiger partial charge in [0.05, 0.1) is 17.6 Å². The van der Waals surface area contributed by atoms with E-state index in [2.05, 4.69) is 27.6 Å². The predicted molar refractivity (Wildman–Crippen MR) is 128 cm³/mol. The van der Waals surface area contributed by atoms with Crippen LogP contribution in [-0.2, 0) is 10.2 Å². The lowest BCUT2D eigenvalue weighted by Crippen LogP contribution is -2.62. The summed E-state index contributed by atoms with van der Waals surface area (Å²) in [7, 11) is 0. The molecule has 1 spiro atoms. The molecule has 2 aromatic rings. The molecular formula is C27H34F2N4O3. The SMILES string of the molecule is Cc1ccc(C2(c3nc(C4CC(F)(F)C4)no3)CCN(C(=O)[C@@H]3C[C@@H](O)C4(CCC4)CN3)CC2)cc1. The number of amides is 1. The molecule has 1 amide bonds. The molecule has 4 fully saturated rings. The summed E-state index contributed by atoms with van der Waals surface area (Å²) in [6.07, 6.45) is 3.93. The molecule has 7 nitrogen and oxygen atoms in total. The molecule has 1 aromatic carbocycles. The monoisotopic (exact) mass is 500 g/mol. The highest BCUT2D eigenvalue weighted by atomic mass is 19.3. The van der Waals surface area contributed by atoms with E-state index in [1.165, 1.54) is 0 Å². The van der Waals surface area contributed by atoms with Gasteiger partial charge in [-0.25, -0.2) is 8.78 Å². The number of aromatic nitrogens is 2. The number of carbonyl (C=O) groups excluding carboxylic acids is 1. The molecular weight excluding hydrogens is 466 g/mol. The molecule has 4 aliphatic rings. The van der Waals surface area contributed by atoms with E-state index in [4.69, 9.17) is 4.52 Å². The average molecular weight is 501 g/mol. The second kappa shape index (κ2) is 8.58. The highest BCUT2D eigenvalue weighted by Crippen LogP contribution is 2.49. The summed E-state index contributed by atoms with van der Waals surface area (Å²) < 4.78 is 32.6. The Labute approximate surface area is 209 Å². The van der Waals surface area contributed by atoms with Crippen LogP contribution in [0.1, 0.15) is 80.1 Å². The second-order valence-corrected chi connectivity index (χ2v) is 11.6. The number of piperidine rings is 2. The van der Waals surface area contributed by atoms with Crippen LogP contribution >= 0.6 is 0 Å². The average Bonchev–Trinajstić information content (AvgIpc) is 3.32. The van der Waals surface area contributed by atoms with Crippen molar-refractivity contribution in [3.05, 3.63) is 47.1 Å². The molecule has 2 saturated heterocycles. The normalized spacial score (nSPS) is 28.9. The maximum absolute atomic E-state index is 13.4. The fourth-order valence-corrected chi connectivity index (χ4v) is 6.60. The first-order valence-electron chi connectivity index (χ1n) is 13.2. The highest BCUT2D eigenvalue weighted by molar-refractivity contribution is 5.82. The zero-order valence-corrected chi connectivity index (χ0v) is 20.7. The van der Waals surface area contributed by atoms with Gasteiger partial charge in [-0.2, -0.15) is 4.98 Å². The molecule has 36 heavy (non-hydrogen) atoms. The number of hydrogen-bond donors (Lipinski definition) is 2. The van der Waals surface area contributed by atoms with Gasteiger partial charge < -0.3 is 19.8 Å². The first-order chi connectivity index (χ1) is 17.2. The van der Waals surface area contributed by atoms with Crippen LogP contribution in [0.5, 0.6) is 0 Å². The van der Waals surface area contributed by atoms with Crippen LogP contribution in [0, 0.1) is 12.3 Å². The van der Waals surface area contributed by atoms with E-state index in [0.717, 1.165) is 30.4 Å². The van der Waals surface area contributed by atoms with Gasteiger partial charge in [-0.3, -0.25) is 4.79 Å². The van der Waals surface area contributed by atoms with Crippen molar-refractivity contribution < 1.29 is 23.2 Å². The second-order valence-electron chi connectivity index (χ2n) is 11.6. The Morgan fingerprint density at radius 1 is 1.14 bits per heavy atom. The largest absolute Gasteiger partial charge is 0.392 e. The van der Waals surface area contributed by atoms with Crippen molar-refractivity contribution in [3.63, 3.8) is 0 Å². The summed E-state index contributed by atoms with van der Waals surface area (Å²) in [5, 5.41) is 18.2. The lowest BCUT2D eigenvalue weighted by molar-refractivity contribution is -0.141. The zero-order valence-electron chi connectivity index (χ0n) is 20.7. The van der Waals surface area contributed by atoms with Crippen molar-refractivity contribution in [2.45, 2.75) is 87.7 Å². The smallest absolute Gasteiger partial charge is 0.249 e. The minimum Gasteiger partial charge on any atom is -0.392 e. The van der Waals surface area contributed by atoms with E-state index < -0.39 is 17.4 Å². The molecule has 0 unspecified atom stereocenters. The van der Waals surface area contributed by atoms with Gasteiger partial charge in [-0.15, -0.1) is 0 Å². The minimum absolute atomic E-state index is 0.0312. The fraction of sp³-hybridized carbons (Fsp3) is 0.667. The van der Waals surface area contributed by atoms with Crippen LogP contribution in [0.2, 0.25) is 0 Å². The summed E-state index contributed by atoms with van der Waals surface area (Å²) in [6, 6.07) is 7.84. The zero-order chi connectivity index (χ0) is 25.1. The molecule has 2 N–H and O–H groups in total. The van der Waals surface area contributed by atoms with Crippen LogP contribution in [0.4, 0.5) is 8.78 Å². The third-order valence-electron chi connectivity index (χ3n) is 9.35. The van der Waals surface area contributed by atoms with Crippen molar-refractivity contribution in [2.24, 2.45) is 5.41 Å². The molecule has 0 radical (unpaired) electrons. The molecule has 2 saturated carbocycles. The molecule has 0 bridgehead atoms. The van der Waals surface area contributed by atoms with Gasteiger partial charge in [0.25, 0.3) is 0 Å². The molecule has 2 aliphatic heterocycles. The Balaban J connectivity index is 1.19. The van der Waals surface area contributed by atoms with Gasteiger partial charge in [0, 0.05) is 43.8 Å². The topological polar surface area (TPSA) is 91.5 Å². The Hall–Kier alpha value is -2.39. The van der Waals surface area contributed by atoms with Crippen molar-refractivity contribution in [1.82, 2.24) is 20.4 Å². The number of aryl methyl sites for hydroxylation is 1. The number of alkyl halides is 2. The maximum Gasteiger partial charge on any atom is 0.249 e. The van der Waals surface area contributed by atoms with Gasteiger partial charge in [0.2, 0.25) is 17.7 Å². The first kappa shape index (κ1) is 24.0. The molecule has 6 rings (SSSR count). The summed E-state index contributed by atoms with van der Waals surface area (Å²) >= 11 is 0. The third-order valence-corrected chi connectivity index (χ3v) is 9.35. The number of nitrogens with zero attached hydrogens (tertiary/aromatic N) is 3. The van der Waals surface area contributed by atoms with Gasteiger partial charge in [-0.1, -0.05) is 41.4 Å². The number of halogens is 2. The van der Waals surface area contributed by atoms with E-state index in [9.17, 15) is 18.7 Å². The van der Waals surface area contributed by atoms with Crippen LogP contribution in [0.25, 0.3) is 0 Å². The Kier molecular flexibility index (Phi) is 5.72. The molecule has 2 atom stereocenters. The van der Waals surface area contributed by atoms with Gasteiger partial charge in [0.15, 0.2) is 5.82 Å². The van der Waals surface area contributed by atoms with E-state index in [0.29, 0.717) is 50.6 Å². The van der Waals surface area contributed by atoms with E-state index >= 15 is 0 Å². The van der Waals surface area contributed by atoms with Gasteiger partial charge in [-0.05, 0) is 44.6 Å². The van der Waals surface area contributed by atoms with Crippen molar-refractivity contribution in [3.8, 4) is 0 Å². The number of nitrogens with one attached hydrogen (secondary N) is 1. The first-order valence-corrected chi connectivity index (χ1v) is 13.2. The lowest BCUT2D eigenvalue weighted by atomic mass is 9.62. The number of likely N-dealkylation sites (tertiary alicyclic amines) is 1. The highest BCUT2D eigenvalue weighted by Gasteiger charge is 2.51. The fourth-order valence-electron chi connectivity index (χ4n) is 6.60. The number of benzene rings is 1.